The molecule has 4 nitrogen and oxygen atoms in total. The Bertz CT molecular complexity index is 1440. The number of aryl methyl sites for hydroxylation is 4. The van der Waals surface area contributed by atoms with Crippen LogP contribution in [0.4, 0.5) is 0 Å². The summed E-state index contributed by atoms with van der Waals surface area (Å²) in [4.78, 5) is 18.2. The van der Waals surface area contributed by atoms with Crippen molar-refractivity contribution in [3.05, 3.63) is 69.3 Å². The average molecular weight is 565 g/mol. The largest absolute Gasteiger partial charge is 0.355 e. The van der Waals surface area contributed by atoms with Gasteiger partial charge in [-0.25, -0.2) is 9.97 Å². The first-order chi connectivity index (χ1) is 19.5. The fourth-order valence-corrected chi connectivity index (χ4v) is 7.10. The number of rotatable bonds is 8. The molecule has 0 atom stereocenters. The third-order valence-corrected chi connectivity index (χ3v) is 8.97. The third kappa shape index (κ3) is 5.28. The summed E-state index contributed by atoms with van der Waals surface area (Å²) >= 11 is 0. The van der Waals surface area contributed by atoms with Gasteiger partial charge in [-0.3, -0.25) is 0 Å². The quantitative estimate of drug-likeness (QED) is 0.269. The fraction of sp³-hybridized carbons (Fsp3) is 0.444. The zero-order chi connectivity index (χ0) is 28.6. The van der Waals surface area contributed by atoms with Crippen LogP contribution < -0.4 is 0 Å². The lowest BCUT2D eigenvalue weighted by molar-refractivity contribution is 1.07. The molecular formula is C36H49AlN4. The highest BCUT2D eigenvalue weighted by Gasteiger charge is 2.21. The first kappa shape index (κ1) is 31.1. The highest BCUT2D eigenvalue weighted by atomic mass is 27.0. The molecule has 5 heterocycles. The zero-order valence-corrected chi connectivity index (χ0v) is 25.9. The molecule has 5 heteroatoms. The van der Waals surface area contributed by atoms with Gasteiger partial charge in [0.2, 0.25) is 0 Å². The van der Waals surface area contributed by atoms with Gasteiger partial charge in [0.25, 0.3) is 0 Å². The van der Waals surface area contributed by atoms with Crippen molar-refractivity contribution >= 4 is 61.7 Å². The molecule has 0 radical (unpaired) electrons. The van der Waals surface area contributed by atoms with Crippen LogP contribution in [0, 0.1) is 0 Å². The van der Waals surface area contributed by atoms with Gasteiger partial charge in [-0.1, -0.05) is 55.4 Å². The van der Waals surface area contributed by atoms with E-state index in [2.05, 4.69) is 89.6 Å². The van der Waals surface area contributed by atoms with E-state index in [1.54, 1.807) is 0 Å². The third-order valence-electron chi connectivity index (χ3n) is 8.97. The molecule has 3 aromatic heterocycles. The van der Waals surface area contributed by atoms with Gasteiger partial charge in [0.15, 0.2) is 17.4 Å². The van der Waals surface area contributed by atoms with Crippen LogP contribution in [0.2, 0.25) is 0 Å². The van der Waals surface area contributed by atoms with Gasteiger partial charge in [-0.05, 0) is 120 Å². The number of nitrogens with one attached hydrogen (secondary N) is 2. The molecular weight excluding hydrogens is 515 g/mol. The Labute approximate surface area is 257 Å². The van der Waals surface area contributed by atoms with Gasteiger partial charge in [-0.2, -0.15) is 0 Å². The molecule has 216 valence electrons. The summed E-state index contributed by atoms with van der Waals surface area (Å²) in [5.41, 5.74) is 20.2. The summed E-state index contributed by atoms with van der Waals surface area (Å²) in [6, 6.07) is 9.24. The molecule has 0 saturated carbocycles. The van der Waals surface area contributed by atoms with Crippen molar-refractivity contribution in [2.24, 2.45) is 0 Å². The van der Waals surface area contributed by atoms with Crippen molar-refractivity contribution < 1.29 is 0 Å². The van der Waals surface area contributed by atoms with Crippen LogP contribution >= 0.6 is 0 Å². The summed E-state index contributed by atoms with van der Waals surface area (Å²) in [5.74, 6) is 0. The van der Waals surface area contributed by atoms with Gasteiger partial charge in [0, 0.05) is 22.1 Å². The van der Waals surface area contributed by atoms with Crippen LogP contribution in [0.1, 0.15) is 126 Å². The van der Waals surface area contributed by atoms with Crippen LogP contribution in [0.15, 0.2) is 24.3 Å². The van der Waals surface area contributed by atoms with Crippen molar-refractivity contribution in [2.75, 3.05) is 0 Å². The normalized spacial score (nSPS) is 13.3. The first-order valence-corrected chi connectivity index (χ1v) is 15.7. The molecule has 8 bridgehead atoms. The molecule has 2 aliphatic heterocycles. The molecule has 0 amide bonds. The van der Waals surface area contributed by atoms with E-state index in [4.69, 9.17) is 9.97 Å². The highest BCUT2D eigenvalue weighted by molar-refractivity contribution is 5.95. The second-order valence-corrected chi connectivity index (χ2v) is 10.9. The average Bonchev–Trinajstić information content (AvgIpc) is 3.67. The predicted molar refractivity (Wildman–Crippen MR) is 183 cm³/mol. The number of aromatic amines is 2. The zero-order valence-electron chi connectivity index (χ0n) is 25.9. The molecule has 0 spiro atoms. The van der Waals surface area contributed by atoms with Gasteiger partial charge in [0.1, 0.15) is 0 Å². The summed E-state index contributed by atoms with van der Waals surface area (Å²) in [5, 5.41) is 0. The van der Waals surface area contributed by atoms with Crippen molar-refractivity contribution in [1.82, 2.24) is 19.9 Å². The maximum Gasteiger partial charge on any atom is 0.187 e. The molecule has 5 rings (SSSR count). The van der Waals surface area contributed by atoms with Crippen LogP contribution in [-0.4, -0.2) is 37.3 Å². The van der Waals surface area contributed by atoms with E-state index >= 15 is 0 Å². The second-order valence-electron chi connectivity index (χ2n) is 10.9. The number of aromatic nitrogens is 4. The maximum absolute atomic E-state index is 5.29. The molecule has 0 saturated heterocycles. The molecule has 0 fully saturated rings. The predicted octanol–water partition coefficient (Wildman–Crippen LogP) is 8.84. The summed E-state index contributed by atoms with van der Waals surface area (Å²) in [6.45, 7) is 18.1. The Morgan fingerprint density at radius 2 is 0.610 bits per heavy atom. The van der Waals surface area contributed by atoms with Gasteiger partial charge >= 0.3 is 0 Å². The number of allylic oxidation sites excluding steroid dienone is 4. The molecule has 0 aromatic carbocycles. The van der Waals surface area contributed by atoms with Crippen LogP contribution in [-0.2, 0) is 25.7 Å². The van der Waals surface area contributed by atoms with E-state index in [0.29, 0.717) is 0 Å². The van der Waals surface area contributed by atoms with E-state index in [-0.39, 0.29) is 17.4 Å². The SMILES string of the molecule is CCC1=C(CC)c2cc3[nH]c(cc4nc(cc5[nH]c(cc1n2)c(CC)c5CC)C(CC)=C4CC)c(CC)c3CC.[AlH3]. The minimum absolute atomic E-state index is 0. The minimum atomic E-state index is 0. The van der Waals surface area contributed by atoms with E-state index in [0.717, 1.165) is 74.1 Å². The van der Waals surface area contributed by atoms with Crippen molar-refractivity contribution in [2.45, 2.75) is 107 Å². The molecule has 0 aliphatic carbocycles. The van der Waals surface area contributed by atoms with Crippen LogP contribution in [0.25, 0.3) is 44.4 Å². The Balaban J connectivity index is 0.00000387. The van der Waals surface area contributed by atoms with Gasteiger partial charge < -0.3 is 9.97 Å². The summed E-state index contributed by atoms with van der Waals surface area (Å²) in [6.07, 6.45) is 7.84. The monoisotopic (exact) mass is 564 g/mol. The summed E-state index contributed by atoms with van der Waals surface area (Å²) in [7, 11) is 0. The Morgan fingerprint density at radius 1 is 0.390 bits per heavy atom. The lowest BCUT2D eigenvalue weighted by Crippen LogP contribution is -1.87. The molecule has 2 N–H and O–H groups in total. The topological polar surface area (TPSA) is 57.4 Å². The number of hydrogen-bond donors (Lipinski definition) is 2. The van der Waals surface area contributed by atoms with Crippen LogP contribution in [0.5, 0.6) is 0 Å². The number of nitrogens with zero attached hydrogens (tertiary/aromatic N) is 2. The van der Waals surface area contributed by atoms with E-state index < -0.39 is 0 Å². The lowest BCUT2D eigenvalue weighted by Gasteiger charge is -2.03. The Morgan fingerprint density at radius 3 is 0.780 bits per heavy atom. The number of fused-ring (bicyclic) bond motifs is 8. The number of hydrogen-bond acceptors (Lipinski definition) is 2. The highest BCUT2D eigenvalue weighted by Crippen LogP contribution is 2.38. The minimum Gasteiger partial charge on any atom is -0.355 e. The number of H-pyrrole nitrogens is 2. The lowest BCUT2D eigenvalue weighted by atomic mass is 9.98. The molecule has 2 aliphatic rings. The van der Waals surface area contributed by atoms with Crippen molar-refractivity contribution in [3.63, 3.8) is 0 Å². The Hall–Kier alpha value is -2.87. The fourth-order valence-electron chi connectivity index (χ4n) is 7.10. The second kappa shape index (κ2) is 13.0. The van der Waals surface area contributed by atoms with E-state index in [9.17, 15) is 0 Å². The van der Waals surface area contributed by atoms with E-state index in [1.165, 1.54) is 66.6 Å². The summed E-state index contributed by atoms with van der Waals surface area (Å²) < 4.78 is 0. The smallest absolute Gasteiger partial charge is 0.187 e. The van der Waals surface area contributed by atoms with E-state index in [1.807, 2.05) is 0 Å². The van der Waals surface area contributed by atoms with Crippen LogP contribution in [0.3, 0.4) is 0 Å². The Kier molecular flexibility index (Phi) is 9.83. The van der Waals surface area contributed by atoms with Crippen molar-refractivity contribution in [3.8, 4) is 0 Å². The van der Waals surface area contributed by atoms with Gasteiger partial charge in [-0.15, -0.1) is 0 Å². The standard InChI is InChI=1S/C36H46N4.Al.3H/c1-9-21-22(10-2)30-18-32-25(13-5)26(14-6)34(39-32)20-36-28(16-8)27(15-7)35(40-36)19-33-24(12-4)23(11-3)31(38-33)17-29(21)37-30;;;;/h17-20,37,40H,9-16H2,1-8H3;;;;. The van der Waals surface area contributed by atoms with Crippen molar-refractivity contribution in [1.29, 1.82) is 0 Å². The molecule has 0 unspecified atom stereocenters. The maximum atomic E-state index is 5.29. The first-order valence-electron chi connectivity index (χ1n) is 15.7. The molecule has 41 heavy (non-hydrogen) atoms. The van der Waals surface area contributed by atoms with Gasteiger partial charge in [0.05, 0.1) is 22.8 Å². The molecule has 3 aromatic rings.